The summed E-state index contributed by atoms with van der Waals surface area (Å²) in [6.45, 7) is 0. The number of alkyl halides is 1. The van der Waals surface area contributed by atoms with Crippen molar-refractivity contribution in [3.63, 3.8) is 0 Å². The van der Waals surface area contributed by atoms with Gasteiger partial charge in [0, 0.05) is 16.3 Å². The van der Waals surface area contributed by atoms with Crippen molar-refractivity contribution in [2.75, 3.05) is 0 Å². The lowest BCUT2D eigenvalue weighted by molar-refractivity contribution is 0.564. The molecule has 2 aromatic carbocycles. The Bertz CT molecular complexity index is 874. The molecular formula is C17H11BrO2. The van der Waals surface area contributed by atoms with Gasteiger partial charge in [-0.3, -0.25) is 0 Å². The van der Waals surface area contributed by atoms with Crippen molar-refractivity contribution in [2.45, 2.75) is 4.83 Å². The summed E-state index contributed by atoms with van der Waals surface area (Å²) in [5.74, 6) is 0. The van der Waals surface area contributed by atoms with Gasteiger partial charge in [-0.2, -0.15) is 0 Å². The molecule has 0 N–H and O–H groups in total. The first-order valence-electron chi connectivity index (χ1n) is 6.40. The zero-order chi connectivity index (χ0) is 13.5. The normalized spacial score (nSPS) is 13.1. The van der Waals surface area contributed by atoms with Crippen LogP contribution in [0, 0.1) is 0 Å². The molecule has 0 saturated carbocycles. The molecule has 1 atom stereocenters. The first kappa shape index (κ1) is 11.8. The topological polar surface area (TPSA) is 26.3 Å². The first-order chi connectivity index (χ1) is 9.83. The Hall–Kier alpha value is -2.00. The van der Waals surface area contributed by atoms with Crippen LogP contribution in [-0.2, 0) is 0 Å². The van der Waals surface area contributed by atoms with Gasteiger partial charge < -0.3 is 8.83 Å². The predicted octanol–water partition coefficient (Wildman–Crippen LogP) is 5.66. The molecule has 4 rings (SSSR count). The summed E-state index contributed by atoms with van der Waals surface area (Å²) >= 11 is 3.72. The summed E-state index contributed by atoms with van der Waals surface area (Å²) in [6.07, 6.45) is 3.45. The Kier molecular flexibility index (Phi) is 2.67. The molecule has 0 fully saturated rings. The molecule has 2 nitrogen and oxygen atoms in total. The molecule has 1 unspecified atom stereocenters. The Morgan fingerprint density at radius 1 is 0.850 bits per heavy atom. The average molecular weight is 327 g/mol. The van der Waals surface area contributed by atoms with E-state index in [1.54, 1.807) is 12.5 Å². The second-order valence-corrected chi connectivity index (χ2v) is 5.69. The number of furan rings is 2. The quantitative estimate of drug-likeness (QED) is 0.444. The van der Waals surface area contributed by atoms with Crippen molar-refractivity contribution in [3.8, 4) is 0 Å². The molecule has 0 amide bonds. The molecule has 98 valence electrons. The predicted molar refractivity (Wildman–Crippen MR) is 83.2 cm³/mol. The van der Waals surface area contributed by atoms with E-state index in [1.807, 2.05) is 30.3 Å². The maximum atomic E-state index is 5.84. The van der Waals surface area contributed by atoms with Crippen LogP contribution < -0.4 is 0 Å². The highest BCUT2D eigenvalue weighted by Gasteiger charge is 2.14. The van der Waals surface area contributed by atoms with Crippen LogP contribution in [0.3, 0.4) is 0 Å². The molecule has 0 spiro atoms. The number of hydrogen-bond acceptors (Lipinski definition) is 2. The fourth-order valence-electron chi connectivity index (χ4n) is 2.51. The highest BCUT2D eigenvalue weighted by molar-refractivity contribution is 9.09. The van der Waals surface area contributed by atoms with Crippen molar-refractivity contribution in [3.05, 3.63) is 72.2 Å². The number of hydrogen-bond donors (Lipinski definition) is 0. The lowest BCUT2D eigenvalue weighted by Crippen LogP contribution is -1.89. The van der Waals surface area contributed by atoms with Gasteiger partial charge >= 0.3 is 0 Å². The van der Waals surface area contributed by atoms with Gasteiger partial charge in [-0.1, -0.05) is 40.2 Å². The van der Waals surface area contributed by atoms with E-state index >= 15 is 0 Å². The molecule has 2 aromatic heterocycles. The minimum Gasteiger partial charge on any atom is -0.472 e. The smallest absolute Gasteiger partial charge is 0.135 e. The zero-order valence-electron chi connectivity index (χ0n) is 10.5. The third kappa shape index (κ3) is 1.78. The van der Waals surface area contributed by atoms with Crippen molar-refractivity contribution in [2.24, 2.45) is 0 Å². The summed E-state index contributed by atoms with van der Waals surface area (Å²) in [7, 11) is 0. The minimum absolute atomic E-state index is 0.124. The molecule has 0 aliphatic heterocycles. The van der Waals surface area contributed by atoms with Crippen LogP contribution in [0.25, 0.3) is 21.9 Å². The summed E-state index contributed by atoms with van der Waals surface area (Å²) in [4.78, 5) is 0.124. The number of fused-ring (bicyclic) bond motifs is 3. The van der Waals surface area contributed by atoms with E-state index in [2.05, 4.69) is 34.1 Å². The van der Waals surface area contributed by atoms with Gasteiger partial charge in [0.25, 0.3) is 0 Å². The van der Waals surface area contributed by atoms with Crippen molar-refractivity contribution in [1.82, 2.24) is 0 Å². The highest BCUT2D eigenvalue weighted by atomic mass is 79.9. The molecule has 0 bridgehead atoms. The minimum atomic E-state index is 0.124. The largest absolute Gasteiger partial charge is 0.472 e. The summed E-state index contributed by atoms with van der Waals surface area (Å²) in [6, 6.07) is 16.4. The standard InChI is InChI=1S/C17H11BrO2/c18-17(12-7-8-19-10-12)11-5-6-16-14(9-11)13-3-1-2-4-15(13)20-16/h1-10,17H. The zero-order valence-corrected chi connectivity index (χ0v) is 12.1. The third-order valence-electron chi connectivity index (χ3n) is 3.53. The van der Waals surface area contributed by atoms with E-state index in [0.29, 0.717) is 0 Å². The van der Waals surface area contributed by atoms with Gasteiger partial charge in [0.05, 0.1) is 17.4 Å². The van der Waals surface area contributed by atoms with E-state index in [-0.39, 0.29) is 4.83 Å². The Morgan fingerprint density at radius 3 is 2.55 bits per heavy atom. The first-order valence-corrected chi connectivity index (χ1v) is 7.32. The van der Waals surface area contributed by atoms with E-state index in [9.17, 15) is 0 Å². The molecular weight excluding hydrogens is 316 g/mol. The number of benzene rings is 2. The van der Waals surface area contributed by atoms with Crippen LogP contribution in [0.4, 0.5) is 0 Å². The lowest BCUT2D eigenvalue weighted by Gasteiger charge is -2.07. The van der Waals surface area contributed by atoms with Crippen LogP contribution in [0.2, 0.25) is 0 Å². The summed E-state index contributed by atoms with van der Waals surface area (Å²) < 4.78 is 11.0. The van der Waals surface area contributed by atoms with E-state index < -0.39 is 0 Å². The van der Waals surface area contributed by atoms with Gasteiger partial charge in [0.15, 0.2) is 0 Å². The maximum absolute atomic E-state index is 5.84. The van der Waals surface area contributed by atoms with Crippen LogP contribution in [0.1, 0.15) is 16.0 Å². The van der Waals surface area contributed by atoms with Crippen molar-refractivity contribution in [1.29, 1.82) is 0 Å². The second-order valence-electron chi connectivity index (χ2n) is 4.77. The van der Waals surface area contributed by atoms with Gasteiger partial charge in [0.1, 0.15) is 11.2 Å². The van der Waals surface area contributed by atoms with Gasteiger partial charge in [-0.15, -0.1) is 0 Å². The highest BCUT2D eigenvalue weighted by Crippen LogP contribution is 2.35. The molecule has 2 heterocycles. The summed E-state index contributed by atoms with van der Waals surface area (Å²) in [5, 5.41) is 2.29. The van der Waals surface area contributed by atoms with E-state index in [1.165, 1.54) is 5.56 Å². The monoisotopic (exact) mass is 326 g/mol. The van der Waals surface area contributed by atoms with Crippen molar-refractivity contribution >= 4 is 37.9 Å². The number of para-hydroxylation sites is 1. The molecule has 20 heavy (non-hydrogen) atoms. The number of halogens is 1. The van der Waals surface area contributed by atoms with Crippen LogP contribution in [-0.4, -0.2) is 0 Å². The fraction of sp³-hybridized carbons (Fsp3) is 0.0588. The third-order valence-corrected chi connectivity index (χ3v) is 4.59. The maximum Gasteiger partial charge on any atom is 0.135 e. The molecule has 0 aliphatic rings. The second kappa shape index (κ2) is 4.53. The lowest BCUT2D eigenvalue weighted by atomic mass is 10.0. The van der Waals surface area contributed by atoms with Gasteiger partial charge in [-0.05, 0) is 29.8 Å². The Labute approximate surface area is 124 Å². The van der Waals surface area contributed by atoms with Crippen LogP contribution in [0.5, 0.6) is 0 Å². The van der Waals surface area contributed by atoms with Gasteiger partial charge in [-0.25, -0.2) is 0 Å². The van der Waals surface area contributed by atoms with E-state index in [4.69, 9.17) is 8.83 Å². The Balaban J connectivity index is 1.91. The van der Waals surface area contributed by atoms with E-state index in [0.717, 1.165) is 27.5 Å². The Morgan fingerprint density at radius 2 is 1.70 bits per heavy atom. The average Bonchev–Trinajstić information content (AvgIpc) is 3.13. The molecule has 3 heteroatoms. The van der Waals surface area contributed by atoms with Crippen molar-refractivity contribution < 1.29 is 8.83 Å². The molecule has 4 aromatic rings. The van der Waals surface area contributed by atoms with Crippen LogP contribution in [0.15, 0.2) is 69.9 Å². The summed E-state index contributed by atoms with van der Waals surface area (Å²) in [5.41, 5.74) is 4.14. The van der Waals surface area contributed by atoms with Crippen LogP contribution >= 0.6 is 15.9 Å². The molecule has 0 saturated heterocycles. The SMILES string of the molecule is BrC(c1ccoc1)c1ccc2oc3ccccc3c2c1. The fourth-order valence-corrected chi connectivity index (χ4v) is 3.06. The van der Waals surface area contributed by atoms with Gasteiger partial charge in [0.2, 0.25) is 0 Å². The molecule has 0 aliphatic carbocycles. The number of rotatable bonds is 2. The molecule has 0 radical (unpaired) electrons.